The molecule has 0 aliphatic carbocycles. The fourth-order valence-corrected chi connectivity index (χ4v) is 2.44. The van der Waals surface area contributed by atoms with Crippen molar-refractivity contribution in [1.82, 2.24) is 10.2 Å². The van der Waals surface area contributed by atoms with Crippen molar-refractivity contribution in [3.05, 3.63) is 35.9 Å². The van der Waals surface area contributed by atoms with Crippen LogP contribution in [0.25, 0.3) is 0 Å². The van der Waals surface area contributed by atoms with Crippen molar-refractivity contribution >= 4 is 17.8 Å². The van der Waals surface area contributed by atoms with Gasteiger partial charge < -0.3 is 20.3 Å². The number of hydrogen-bond acceptors (Lipinski definition) is 6. The van der Waals surface area contributed by atoms with Crippen LogP contribution >= 0.6 is 0 Å². The lowest BCUT2D eigenvalue weighted by molar-refractivity contribution is -0.138. The maximum absolute atomic E-state index is 11.8. The predicted molar refractivity (Wildman–Crippen MR) is 102 cm³/mol. The summed E-state index contributed by atoms with van der Waals surface area (Å²) < 4.78 is 5.41. The zero-order chi connectivity index (χ0) is 19.9. The van der Waals surface area contributed by atoms with Gasteiger partial charge in [0.2, 0.25) is 5.91 Å². The molecule has 150 valence electrons. The van der Waals surface area contributed by atoms with Crippen molar-refractivity contribution in [1.29, 1.82) is 5.41 Å². The quantitative estimate of drug-likeness (QED) is 0.219. The van der Waals surface area contributed by atoms with E-state index in [9.17, 15) is 9.59 Å². The number of hydrogen-bond donors (Lipinski definition) is 4. The minimum atomic E-state index is -1.03. The largest absolute Gasteiger partial charge is 0.480 e. The number of nitrogens with zero attached hydrogens (tertiary/aromatic N) is 1. The normalized spacial score (nSPS) is 10.6. The van der Waals surface area contributed by atoms with Gasteiger partial charge in [0.1, 0.15) is 6.61 Å². The Balaban J connectivity index is 2.06. The van der Waals surface area contributed by atoms with Crippen LogP contribution in [0.5, 0.6) is 0 Å². The molecular formula is C19H29N3O5. The number of carboxylic acid groups (broad SMARTS) is 1. The second-order valence-electron chi connectivity index (χ2n) is 6.19. The third kappa shape index (κ3) is 11.7. The molecule has 0 bridgehead atoms. The molecule has 0 heterocycles. The topological polar surface area (TPSA) is 123 Å². The molecule has 0 radical (unpaired) electrons. The van der Waals surface area contributed by atoms with Crippen LogP contribution in [0.4, 0.5) is 0 Å². The van der Waals surface area contributed by atoms with Crippen LogP contribution in [-0.4, -0.2) is 65.7 Å². The number of aliphatic carboxylic acids is 1. The van der Waals surface area contributed by atoms with Crippen LogP contribution in [0.1, 0.15) is 31.2 Å². The Bertz CT molecular complexity index is 580. The molecule has 0 saturated carbocycles. The summed E-state index contributed by atoms with van der Waals surface area (Å²) in [4.78, 5) is 23.9. The fraction of sp³-hybridized carbons (Fsp3) is 0.526. The van der Waals surface area contributed by atoms with E-state index in [2.05, 4.69) is 5.32 Å². The van der Waals surface area contributed by atoms with Gasteiger partial charge in [-0.25, -0.2) is 0 Å². The molecule has 1 aromatic rings. The number of carbonyl (C=O) groups is 2. The first-order valence-corrected chi connectivity index (χ1v) is 9.07. The number of benzene rings is 1. The van der Waals surface area contributed by atoms with E-state index in [1.807, 2.05) is 30.3 Å². The van der Waals surface area contributed by atoms with Crippen LogP contribution < -0.4 is 5.32 Å². The first-order valence-electron chi connectivity index (χ1n) is 9.07. The number of ether oxygens (including phenoxy) is 1. The third-order valence-electron chi connectivity index (χ3n) is 3.80. The summed E-state index contributed by atoms with van der Waals surface area (Å²) in [6.45, 7) is 0.515. The Hall–Kier alpha value is -2.45. The summed E-state index contributed by atoms with van der Waals surface area (Å²) in [6, 6.07) is 9.70. The van der Waals surface area contributed by atoms with E-state index in [1.54, 1.807) is 0 Å². The van der Waals surface area contributed by atoms with Crippen molar-refractivity contribution < 1.29 is 24.5 Å². The fourth-order valence-electron chi connectivity index (χ4n) is 2.44. The Morgan fingerprint density at radius 3 is 2.52 bits per heavy atom. The van der Waals surface area contributed by atoms with Gasteiger partial charge in [-0.3, -0.25) is 19.9 Å². The van der Waals surface area contributed by atoms with Gasteiger partial charge in [0.25, 0.3) is 0 Å². The lowest BCUT2D eigenvalue weighted by Crippen LogP contribution is -2.41. The summed E-state index contributed by atoms with van der Waals surface area (Å²) in [5.74, 6) is -1.03. The number of nitrogens with one attached hydrogen (secondary N) is 2. The van der Waals surface area contributed by atoms with Crippen LogP contribution in [0.2, 0.25) is 0 Å². The maximum atomic E-state index is 11.8. The molecule has 8 nitrogen and oxygen atoms in total. The molecule has 1 rings (SSSR count). The highest BCUT2D eigenvalue weighted by Crippen LogP contribution is 2.05. The molecule has 0 fully saturated rings. The zero-order valence-corrected chi connectivity index (χ0v) is 15.5. The SMILES string of the molecule is N=C(CCCCCNC(=O)CN(CCO)CC(=O)O)OCc1ccccc1. The van der Waals surface area contributed by atoms with Gasteiger partial charge in [-0.1, -0.05) is 36.8 Å². The average molecular weight is 379 g/mol. The zero-order valence-electron chi connectivity index (χ0n) is 15.5. The van der Waals surface area contributed by atoms with Crippen LogP contribution in [-0.2, 0) is 20.9 Å². The lowest BCUT2D eigenvalue weighted by atomic mass is 10.2. The van der Waals surface area contributed by atoms with E-state index in [0.29, 0.717) is 19.6 Å². The standard InChI is InChI=1S/C19H29N3O5/c20-17(27-15-16-7-3-1-4-8-16)9-5-2-6-10-21-18(24)13-22(11-12-23)14-19(25)26/h1,3-4,7-8,20,23H,2,5-6,9-15H2,(H,21,24)(H,25,26). The number of unbranched alkanes of at least 4 members (excludes halogenated alkanes) is 2. The Labute approximate surface area is 159 Å². The Kier molecular flexibility index (Phi) is 11.5. The first kappa shape index (κ1) is 22.6. The number of carbonyl (C=O) groups excluding carboxylic acids is 1. The highest BCUT2D eigenvalue weighted by molar-refractivity contribution is 5.79. The van der Waals surface area contributed by atoms with Crippen LogP contribution in [0.3, 0.4) is 0 Å². The second-order valence-corrected chi connectivity index (χ2v) is 6.19. The first-order chi connectivity index (χ1) is 13.0. The van der Waals surface area contributed by atoms with Crippen molar-refractivity contribution in [2.45, 2.75) is 32.3 Å². The number of carboxylic acids is 1. The number of aliphatic hydroxyl groups is 1. The molecule has 4 N–H and O–H groups in total. The minimum Gasteiger partial charge on any atom is -0.480 e. The number of rotatable bonds is 14. The summed E-state index contributed by atoms with van der Waals surface area (Å²) in [7, 11) is 0. The van der Waals surface area contributed by atoms with Gasteiger partial charge in [-0.05, 0) is 18.4 Å². The molecule has 1 amide bonds. The molecule has 0 atom stereocenters. The van der Waals surface area contributed by atoms with Gasteiger partial charge in [0, 0.05) is 19.5 Å². The monoisotopic (exact) mass is 379 g/mol. The van der Waals surface area contributed by atoms with Gasteiger partial charge in [0.05, 0.1) is 19.7 Å². The van der Waals surface area contributed by atoms with Crippen LogP contribution in [0, 0.1) is 5.41 Å². The van der Waals surface area contributed by atoms with E-state index < -0.39 is 5.97 Å². The van der Waals surface area contributed by atoms with Crippen LogP contribution in [0.15, 0.2) is 30.3 Å². The minimum absolute atomic E-state index is 0.0508. The maximum Gasteiger partial charge on any atom is 0.317 e. The van der Waals surface area contributed by atoms with Crippen molar-refractivity contribution in [3.8, 4) is 0 Å². The molecule has 27 heavy (non-hydrogen) atoms. The van der Waals surface area contributed by atoms with Gasteiger partial charge in [0.15, 0.2) is 5.90 Å². The molecule has 0 aliphatic heterocycles. The molecule has 0 saturated heterocycles. The Morgan fingerprint density at radius 1 is 1.11 bits per heavy atom. The summed E-state index contributed by atoms with van der Waals surface area (Å²) >= 11 is 0. The molecule has 0 aliphatic rings. The van der Waals surface area contributed by atoms with Gasteiger partial charge in [-0.15, -0.1) is 0 Å². The smallest absolute Gasteiger partial charge is 0.317 e. The van der Waals surface area contributed by atoms with E-state index in [0.717, 1.165) is 24.8 Å². The molecule has 1 aromatic carbocycles. The van der Waals surface area contributed by atoms with Gasteiger partial charge in [-0.2, -0.15) is 0 Å². The predicted octanol–water partition coefficient (Wildman–Crippen LogP) is 1.24. The Morgan fingerprint density at radius 2 is 1.85 bits per heavy atom. The summed E-state index contributed by atoms with van der Waals surface area (Å²) in [5.41, 5.74) is 1.03. The van der Waals surface area contributed by atoms with Gasteiger partial charge >= 0.3 is 5.97 Å². The molecular weight excluding hydrogens is 350 g/mol. The van der Waals surface area contributed by atoms with Crippen molar-refractivity contribution in [3.63, 3.8) is 0 Å². The second kappa shape index (κ2) is 13.7. The molecule has 0 unspecified atom stereocenters. The summed E-state index contributed by atoms with van der Waals surface area (Å²) in [5, 5.41) is 28.2. The average Bonchev–Trinajstić information content (AvgIpc) is 2.63. The number of amides is 1. The van der Waals surface area contributed by atoms with Crippen molar-refractivity contribution in [2.24, 2.45) is 0 Å². The van der Waals surface area contributed by atoms with E-state index in [1.165, 1.54) is 4.90 Å². The summed E-state index contributed by atoms with van der Waals surface area (Å²) in [6.07, 6.45) is 2.99. The molecule has 8 heteroatoms. The molecule has 0 aromatic heterocycles. The molecule has 0 spiro atoms. The lowest BCUT2D eigenvalue weighted by Gasteiger charge is -2.18. The third-order valence-corrected chi connectivity index (χ3v) is 3.80. The highest BCUT2D eigenvalue weighted by Gasteiger charge is 2.13. The van der Waals surface area contributed by atoms with Crippen molar-refractivity contribution in [2.75, 3.05) is 32.8 Å². The highest BCUT2D eigenvalue weighted by atomic mass is 16.5. The number of aliphatic hydroxyl groups excluding tert-OH is 1. The van der Waals surface area contributed by atoms with E-state index in [-0.39, 0.29) is 38.0 Å². The van der Waals surface area contributed by atoms with E-state index >= 15 is 0 Å². The van der Waals surface area contributed by atoms with E-state index in [4.69, 9.17) is 20.4 Å².